The zero-order valence-corrected chi connectivity index (χ0v) is 19.9. The topological polar surface area (TPSA) is 84.3 Å². The number of aryl methyl sites for hydroxylation is 2. The summed E-state index contributed by atoms with van der Waals surface area (Å²) in [7, 11) is -3.93. The van der Waals surface area contributed by atoms with Gasteiger partial charge in [-0.05, 0) is 55.3 Å². The fourth-order valence-electron chi connectivity index (χ4n) is 3.67. The second-order valence-electron chi connectivity index (χ2n) is 7.90. The Hall–Kier alpha value is -3.91. The fourth-order valence-corrected chi connectivity index (χ4v) is 5.18. The van der Waals surface area contributed by atoms with Gasteiger partial charge in [-0.3, -0.25) is 9.10 Å². The molecule has 174 valence electrons. The number of carbonyl (C=O) groups excluding carboxylic acids is 1. The van der Waals surface area contributed by atoms with Gasteiger partial charge in [-0.25, -0.2) is 13.4 Å². The van der Waals surface area contributed by atoms with Crippen LogP contribution in [0.5, 0.6) is 0 Å². The highest BCUT2D eigenvalue weighted by Crippen LogP contribution is 2.26. The van der Waals surface area contributed by atoms with E-state index in [1.54, 1.807) is 36.5 Å². The summed E-state index contributed by atoms with van der Waals surface area (Å²) in [5.74, 6) is 0.495. The standard InChI is InChI=1S/C26H26N4O3S/c1-20-8-6-7-11-25(20)30(34(32,33)24-9-4-3-5-10-24)19-26(31)28-18-22-12-14-23(15-13-22)29-17-16-27-21(29)2/h3-17H,18-19H2,1-2H3,(H,28,31). The van der Waals surface area contributed by atoms with Gasteiger partial charge in [0.25, 0.3) is 10.0 Å². The number of rotatable bonds is 8. The first-order valence-corrected chi connectivity index (χ1v) is 12.3. The average molecular weight is 475 g/mol. The van der Waals surface area contributed by atoms with Crippen molar-refractivity contribution in [1.29, 1.82) is 0 Å². The maximum absolute atomic E-state index is 13.4. The summed E-state index contributed by atoms with van der Waals surface area (Å²) >= 11 is 0. The van der Waals surface area contributed by atoms with Crippen molar-refractivity contribution in [1.82, 2.24) is 14.9 Å². The molecule has 0 aliphatic rings. The lowest BCUT2D eigenvalue weighted by molar-refractivity contribution is -0.119. The molecule has 4 rings (SSSR count). The van der Waals surface area contributed by atoms with Crippen LogP contribution in [0.2, 0.25) is 0 Å². The highest BCUT2D eigenvalue weighted by Gasteiger charge is 2.27. The number of nitrogens with one attached hydrogen (secondary N) is 1. The molecule has 3 aromatic carbocycles. The Morgan fingerprint density at radius 3 is 2.26 bits per heavy atom. The minimum atomic E-state index is -3.93. The maximum atomic E-state index is 13.4. The van der Waals surface area contributed by atoms with Gasteiger partial charge in [0.15, 0.2) is 0 Å². The minimum absolute atomic E-state index is 0.136. The van der Waals surface area contributed by atoms with E-state index in [-0.39, 0.29) is 18.0 Å². The lowest BCUT2D eigenvalue weighted by Gasteiger charge is -2.25. The average Bonchev–Trinajstić information content (AvgIpc) is 3.28. The van der Waals surface area contributed by atoms with Gasteiger partial charge < -0.3 is 9.88 Å². The van der Waals surface area contributed by atoms with Crippen molar-refractivity contribution in [2.45, 2.75) is 25.3 Å². The summed E-state index contributed by atoms with van der Waals surface area (Å²) in [5, 5.41) is 2.84. The number of aromatic nitrogens is 2. The molecule has 0 saturated heterocycles. The molecule has 1 heterocycles. The summed E-state index contributed by atoms with van der Waals surface area (Å²) in [6.07, 6.45) is 3.63. The van der Waals surface area contributed by atoms with Crippen LogP contribution in [0.3, 0.4) is 0 Å². The minimum Gasteiger partial charge on any atom is -0.350 e. The van der Waals surface area contributed by atoms with E-state index in [0.29, 0.717) is 5.69 Å². The SMILES string of the molecule is Cc1ccccc1N(CC(=O)NCc1ccc(-n2ccnc2C)cc1)S(=O)(=O)c1ccccc1. The first-order valence-electron chi connectivity index (χ1n) is 10.9. The van der Waals surface area contributed by atoms with Gasteiger partial charge >= 0.3 is 0 Å². The number of hydrogen-bond acceptors (Lipinski definition) is 4. The molecule has 0 bridgehead atoms. The summed E-state index contributed by atoms with van der Waals surface area (Å²) < 4.78 is 30.0. The van der Waals surface area contributed by atoms with Gasteiger partial charge in [-0.15, -0.1) is 0 Å². The molecule has 0 radical (unpaired) electrons. The van der Waals surface area contributed by atoms with Gasteiger partial charge in [0.05, 0.1) is 10.6 Å². The molecular weight excluding hydrogens is 448 g/mol. The lowest BCUT2D eigenvalue weighted by Crippen LogP contribution is -2.41. The van der Waals surface area contributed by atoms with Crippen molar-refractivity contribution in [3.8, 4) is 5.69 Å². The number of anilines is 1. The first kappa shape index (κ1) is 23.3. The van der Waals surface area contributed by atoms with E-state index in [2.05, 4.69) is 10.3 Å². The number of hydrogen-bond donors (Lipinski definition) is 1. The van der Waals surface area contributed by atoms with Crippen molar-refractivity contribution < 1.29 is 13.2 Å². The second kappa shape index (κ2) is 9.93. The largest absolute Gasteiger partial charge is 0.350 e. The molecule has 0 unspecified atom stereocenters. The molecule has 4 aromatic rings. The quantitative estimate of drug-likeness (QED) is 0.418. The zero-order valence-electron chi connectivity index (χ0n) is 19.0. The molecule has 1 N–H and O–H groups in total. The predicted octanol–water partition coefficient (Wildman–Crippen LogP) is 4.00. The van der Waals surface area contributed by atoms with Gasteiger partial charge in [-0.2, -0.15) is 0 Å². The van der Waals surface area contributed by atoms with Crippen molar-refractivity contribution in [3.63, 3.8) is 0 Å². The van der Waals surface area contributed by atoms with E-state index in [4.69, 9.17) is 0 Å². The summed E-state index contributed by atoms with van der Waals surface area (Å²) in [6, 6.07) is 23.0. The zero-order chi connectivity index (χ0) is 24.1. The molecule has 0 aliphatic heterocycles. The number of imidazole rings is 1. The molecule has 8 heteroatoms. The van der Waals surface area contributed by atoms with Crippen LogP contribution in [-0.4, -0.2) is 30.4 Å². The van der Waals surface area contributed by atoms with E-state index >= 15 is 0 Å². The van der Waals surface area contributed by atoms with Crippen molar-refractivity contribution >= 4 is 21.6 Å². The van der Waals surface area contributed by atoms with Gasteiger partial charge in [0.1, 0.15) is 12.4 Å². The predicted molar refractivity (Wildman–Crippen MR) is 132 cm³/mol. The molecule has 0 fully saturated rings. The summed E-state index contributed by atoms with van der Waals surface area (Å²) in [4.78, 5) is 17.2. The molecule has 0 aliphatic carbocycles. The molecule has 1 aromatic heterocycles. The summed E-state index contributed by atoms with van der Waals surface area (Å²) in [5.41, 5.74) is 3.12. The van der Waals surface area contributed by atoms with E-state index in [1.807, 2.05) is 61.0 Å². The third kappa shape index (κ3) is 5.02. The van der Waals surface area contributed by atoms with Gasteiger partial charge in [-0.1, -0.05) is 48.5 Å². The van der Waals surface area contributed by atoms with Crippen LogP contribution in [0.15, 0.2) is 96.2 Å². The second-order valence-corrected chi connectivity index (χ2v) is 9.76. The fraction of sp³-hybridized carbons (Fsp3) is 0.154. The van der Waals surface area contributed by atoms with E-state index < -0.39 is 15.9 Å². The van der Waals surface area contributed by atoms with Crippen LogP contribution >= 0.6 is 0 Å². The number of benzene rings is 3. The molecular formula is C26H26N4O3S. The Kier molecular flexibility index (Phi) is 6.79. The van der Waals surface area contributed by atoms with Crippen LogP contribution < -0.4 is 9.62 Å². The van der Waals surface area contributed by atoms with Crippen molar-refractivity contribution in [3.05, 3.63) is 108 Å². The van der Waals surface area contributed by atoms with Crippen LogP contribution in [0.4, 0.5) is 5.69 Å². The molecule has 1 amide bonds. The number of para-hydroxylation sites is 1. The van der Waals surface area contributed by atoms with Crippen molar-refractivity contribution in [2.75, 3.05) is 10.8 Å². The maximum Gasteiger partial charge on any atom is 0.264 e. The highest BCUT2D eigenvalue weighted by molar-refractivity contribution is 7.92. The van der Waals surface area contributed by atoms with Crippen LogP contribution in [-0.2, 0) is 21.4 Å². The normalized spacial score (nSPS) is 11.2. The Morgan fingerprint density at radius 1 is 0.941 bits per heavy atom. The lowest BCUT2D eigenvalue weighted by atomic mass is 10.2. The molecule has 0 spiro atoms. The third-order valence-corrected chi connectivity index (χ3v) is 7.31. The Bertz CT molecular complexity index is 1380. The smallest absolute Gasteiger partial charge is 0.264 e. The Balaban J connectivity index is 1.50. The molecule has 34 heavy (non-hydrogen) atoms. The van der Waals surface area contributed by atoms with E-state index in [0.717, 1.165) is 26.9 Å². The molecule has 0 atom stereocenters. The summed E-state index contributed by atoms with van der Waals surface area (Å²) in [6.45, 7) is 3.71. The monoisotopic (exact) mass is 474 g/mol. The number of sulfonamides is 1. The highest BCUT2D eigenvalue weighted by atomic mass is 32.2. The van der Waals surface area contributed by atoms with Crippen LogP contribution in [0.1, 0.15) is 17.0 Å². The Morgan fingerprint density at radius 2 is 1.62 bits per heavy atom. The third-order valence-electron chi connectivity index (χ3n) is 5.53. The first-order chi connectivity index (χ1) is 16.4. The van der Waals surface area contributed by atoms with Crippen molar-refractivity contribution in [2.24, 2.45) is 0 Å². The number of nitrogens with zero attached hydrogens (tertiary/aromatic N) is 3. The number of carbonyl (C=O) groups is 1. The van der Waals surface area contributed by atoms with E-state index in [1.165, 1.54) is 12.1 Å². The van der Waals surface area contributed by atoms with E-state index in [9.17, 15) is 13.2 Å². The molecule has 7 nitrogen and oxygen atoms in total. The Labute approximate surface area is 199 Å². The van der Waals surface area contributed by atoms with Gasteiger partial charge in [0, 0.05) is 24.6 Å². The van der Waals surface area contributed by atoms with Crippen LogP contribution in [0.25, 0.3) is 5.69 Å². The molecule has 0 saturated carbocycles. The van der Waals surface area contributed by atoms with Gasteiger partial charge in [0.2, 0.25) is 5.91 Å². The number of amides is 1. The van der Waals surface area contributed by atoms with Crippen LogP contribution in [0, 0.1) is 13.8 Å².